The number of carbonyl (C=O) groups excluding carboxylic acids is 1. The molecule has 1 aliphatic heterocycles. The van der Waals surface area contributed by atoms with E-state index in [1.165, 1.54) is 42.5 Å². The zero-order valence-corrected chi connectivity index (χ0v) is 16.5. The summed E-state index contributed by atoms with van der Waals surface area (Å²) in [4.78, 5) is 26.4. The molecule has 1 aliphatic rings. The number of halogens is 4. The smallest absolute Gasteiger partial charge is 0.416 e. The molecule has 0 N–H and O–H groups in total. The summed E-state index contributed by atoms with van der Waals surface area (Å²) in [5, 5.41) is 10.8. The third kappa shape index (κ3) is 4.26. The Morgan fingerprint density at radius 1 is 1.09 bits per heavy atom. The Kier molecular flexibility index (Phi) is 5.31. The lowest BCUT2D eigenvalue weighted by molar-refractivity contribution is -0.384. The number of nitro benzene ring substituents is 1. The maximum Gasteiger partial charge on any atom is 0.416 e. The third-order valence-electron chi connectivity index (χ3n) is 4.39. The van der Waals surface area contributed by atoms with E-state index in [1.807, 2.05) is 0 Å². The van der Waals surface area contributed by atoms with Crippen LogP contribution in [0.25, 0.3) is 17.4 Å². The Hall–Kier alpha value is -3.92. The van der Waals surface area contributed by atoms with Crippen molar-refractivity contribution in [1.29, 1.82) is 0 Å². The fourth-order valence-corrected chi connectivity index (χ4v) is 3.14. The van der Waals surface area contributed by atoms with Gasteiger partial charge in [0.1, 0.15) is 11.5 Å². The molecule has 2 heterocycles. The van der Waals surface area contributed by atoms with E-state index in [9.17, 15) is 28.1 Å². The summed E-state index contributed by atoms with van der Waals surface area (Å²) in [5.41, 5.74) is -0.810. The van der Waals surface area contributed by atoms with Gasteiger partial charge in [-0.25, -0.2) is 9.79 Å². The van der Waals surface area contributed by atoms with Gasteiger partial charge in [0.15, 0.2) is 5.70 Å². The summed E-state index contributed by atoms with van der Waals surface area (Å²) in [7, 11) is 0. The number of non-ortho nitro benzene ring substituents is 1. The second kappa shape index (κ2) is 7.97. The van der Waals surface area contributed by atoms with Crippen molar-refractivity contribution in [3.05, 3.63) is 92.3 Å². The van der Waals surface area contributed by atoms with Crippen molar-refractivity contribution >= 4 is 35.2 Å². The zero-order chi connectivity index (χ0) is 23.0. The summed E-state index contributed by atoms with van der Waals surface area (Å²) in [6.07, 6.45) is -3.24. The molecule has 0 atom stereocenters. The van der Waals surface area contributed by atoms with Crippen molar-refractivity contribution in [2.45, 2.75) is 6.18 Å². The summed E-state index contributed by atoms with van der Waals surface area (Å²) >= 11 is 6.03. The Labute approximate surface area is 182 Å². The monoisotopic (exact) mass is 462 g/mol. The predicted octanol–water partition coefficient (Wildman–Crippen LogP) is 5.87. The molecule has 1 aromatic heterocycles. The second-order valence-electron chi connectivity index (χ2n) is 6.54. The van der Waals surface area contributed by atoms with Crippen LogP contribution >= 0.6 is 11.6 Å². The van der Waals surface area contributed by atoms with Crippen LogP contribution in [0.5, 0.6) is 0 Å². The molecule has 32 heavy (non-hydrogen) atoms. The lowest BCUT2D eigenvalue weighted by Gasteiger charge is -2.07. The number of nitrogens with zero attached hydrogens (tertiary/aromatic N) is 2. The normalized spacial score (nSPS) is 15.1. The quantitative estimate of drug-likeness (QED) is 0.209. The van der Waals surface area contributed by atoms with Crippen LogP contribution in [0.2, 0.25) is 5.02 Å². The van der Waals surface area contributed by atoms with E-state index in [0.29, 0.717) is 0 Å². The van der Waals surface area contributed by atoms with Crippen molar-refractivity contribution in [2.24, 2.45) is 4.99 Å². The molecular weight excluding hydrogens is 453 g/mol. The van der Waals surface area contributed by atoms with Gasteiger partial charge in [0.05, 0.1) is 21.1 Å². The number of hydrogen-bond acceptors (Lipinski definition) is 6. The third-order valence-corrected chi connectivity index (χ3v) is 4.71. The van der Waals surface area contributed by atoms with Gasteiger partial charge in [0, 0.05) is 23.8 Å². The number of carbonyl (C=O) groups is 1. The zero-order valence-electron chi connectivity index (χ0n) is 15.7. The fraction of sp³-hybridized carbons (Fsp3) is 0.0476. The molecule has 7 nitrogen and oxygen atoms in total. The van der Waals surface area contributed by atoms with Crippen LogP contribution in [-0.4, -0.2) is 16.8 Å². The molecule has 3 aromatic rings. The number of rotatable bonds is 4. The SMILES string of the molecule is O=C1OC(c2ccc([N+](=O)[O-])cc2Cl)=N/C1=C\c1ccc(-c2cccc(C(F)(F)F)c2)o1. The number of aliphatic imine (C=N–C) groups is 1. The summed E-state index contributed by atoms with van der Waals surface area (Å²) in [6, 6.07) is 11.1. The van der Waals surface area contributed by atoms with Gasteiger partial charge in [-0.05, 0) is 30.3 Å². The number of benzene rings is 2. The first-order valence-corrected chi connectivity index (χ1v) is 9.24. The van der Waals surface area contributed by atoms with Gasteiger partial charge in [-0.3, -0.25) is 10.1 Å². The first-order valence-electron chi connectivity index (χ1n) is 8.86. The first kappa shape index (κ1) is 21.3. The van der Waals surface area contributed by atoms with E-state index in [0.717, 1.165) is 18.2 Å². The van der Waals surface area contributed by atoms with Crippen LogP contribution in [0.15, 0.2) is 69.7 Å². The van der Waals surface area contributed by atoms with Crippen LogP contribution in [0.4, 0.5) is 18.9 Å². The van der Waals surface area contributed by atoms with E-state index >= 15 is 0 Å². The maximum absolute atomic E-state index is 12.9. The Morgan fingerprint density at radius 3 is 2.56 bits per heavy atom. The van der Waals surface area contributed by atoms with Crippen molar-refractivity contribution in [2.75, 3.05) is 0 Å². The summed E-state index contributed by atoms with van der Waals surface area (Å²) < 4.78 is 49.4. The van der Waals surface area contributed by atoms with E-state index in [-0.39, 0.29) is 45.0 Å². The molecule has 0 unspecified atom stereocenters. The van der Waals surface area contributed by atoms with Crippen molar-refractivity contribution in [3.63, 3.8) is 0 Å². The Balaban J connectivity index is 1.62. The number of alkyl halides is 3. The topological polar surface area (TPSA) is 94.9 Å². The fourth-order valence-electron chi connectivity index (χ4n) is 2.88. The summed E-state index contributed by atoms with van der Waals surface area (Å²) in [6.45, 7) is 0. The minimum absolute atomic E-state index is 0.0307. The average molecular weight is 463 g/mol. The molecule has 162 valence electrons. The van der Waals surface area contributed by atoms with Crippen LogP contribution < -0.4 is 0 Å². The minimum Gasteiger partial charge on any atom is -0.457 e. The van der Waals surface area contributed by atoms with Crippen LogP contribution in [0, 0.1) is 10.1 Å². The second-order valence-corrected chi connectivity index (χ2v) is 6.95. The molecule has 11 heteroatoms. The standard InChI is InChI=1S/C21H10ClF3N2O5/c22-16-9-13(27(29)30)4-6-15(16)19-26-17(20(28)32-19)10-14-5-7-18(31-14)11-2-1-3-12(8-11)21(23,24)25/h1-10H/b17-10-. The van der Waals surface area contributed by atoms with Crippen LogP contribution in [0.1, 0.15) is 16.9 Å². The van der Waals surface area contributed by atoms with Gasteiger partial charge in [-0.1, -0.05) is 23.7 Å². The highest BCUT2D eigenvalue weighted by molar-refractivity contribution is 6.34. The van der Waals surface area contributed by atoms with Crippen LogP contribution in [0.3, 0.4) is 0 Å². The number of esters is 1. The average Bonchev–Trinajstić information content (AvgIpc) is 3.34. The summed E-state index contributed by atoms with van der Waals surface area (Å²) in [5.74, 6) is -0.640. The number of cyclic esters (lactones) is 1. The van der Waals surface area contributed by atoms with Crippen LogP contribution in [-0.2, 0) is 15.7 Å². The Morgan fingerprint density at radius 2 is 1.88 bits per heavy atom. The molecule has 0 spiro atoms. The van der Waals surface area contributed by atoms with E-state index in [1.54, 1.807) is 0 Å². The van der Waals surface area contributed by atoms with Gasteiger partial charge in [0.2, 0.25) is 5.90 Å². The first-order chi connectivity index (χ1) is 15.1. The lowest BCUT2D eigenvalue weighted by Crippen LogP contribution is -2.06. The van der Waals surface area contributed by atoms with Gasteiger partial charge >= 0.3 is 12.1 Å². The highest BCUT2D eigenvalue weighted by atomic mass is 35.5. The molecule has 0 saturated heterocycles. The number of nitro groups is 1. The molecule has 0 saturated carbocycles. The largest absolute Gasteiger partial charge is 0.457 e. The minimum atomic E-state index is -4.49. The molecule has 4 rings (SSSR count). The van der Waals surface area contributed by atoms with Crippen molar-refractivity contribution in [3.8, 4) is 11.3 Å². The highest BCUT2D eigenvalue weighted by Crippen LogP contribution is 2.33. The van der Waals surface area contributed by atoms with E-state index in [2.05, 4.69) is 4.99 Å². The number of hydrogen-bond donors (Lipinski definition) is 0. The number of furan rings is 1. The predicted molar refractivity (Wildman–Crippen MR) is 108 cm³/mol. The van der Waals surface area contributed by atoms with Crippen molar-refractivity contribution in [1.82, 2.24) is 0 Å². The maximum atomic E-state index is 12.9. The van der Waals surface area contributed by atoms with Crippen molar-refractivity contribution < 1.29 is 32.0 Å². The molecule has 0 aliphatic carbocycles. The van der Waals surface area contributed by atoms with Gasteiger partial charge in [-0.2, -0.15) is 13.2 Å². The van der Waals surface area contributed by atoms with E-state index in [4.69, 9.17) is 20.8 Å². The highest BCUT2D eigenvalue weighted by Gasteiger charge is 2.31. The molecule has 0 bridgehead atoms. The molecule has 0 radical (unpaired) electrons. The molecule has 2 aromatic carbocycles. The van der Waals surface area contributed by atoms with Gasteiger partial charge in [-0.15, -0.1) is 0 Å². The molecule has 0 fully saturated rings. The molecular formula is C21H10ClF3N2O5. The lowest BCUT2D eigenvalue weighted by atomic mass is 10.1. The van der Waals surface area contributed by atoms with E-state index < -0.39 is 22.6 Å². The Bertz CT molecular complexity index is 1310. The van der Waals surface area contributed by atoms with Gasteiger partial charge < -0.3 is 9.15 Å². The number of ether oxygens (including phenoxy) is 1. The molecule has 0 amide bonds. The van der Waals surface area contributed by atoms with Gasteiger partial charge in [0.25, 0.3) is 5.69 Å².